The van der Waals surface area contributed by atoms with Gasteiger partial charge in [-0.2, -0.15) is 8.78 Å². The number of methoxy groups -OCH3 is 1. The highest BCUT2D eigenvalue weighted by Crippen LogP contribution is 2.26. The Morgan fingerprint density at radius 3 is 2.58 bits per heavy atom. The van der Waals surface area contributed by atoms with Crippen LogP contribution in [0.3, 0.4) is 0 Å². The van der Waals surface area contributed by atoms with Gasteiger partial charge in [0, 0.05) is 12.0 Å². The fourth-order valence-electron chi connectivity index (χ4n) is 1.56. The Balaban J connectivity index is 3.15. The molecule has 1 N–H and O–H groups in total. The second kappa shape index (κ2) is 6.67. The van der Waals surface area contributed by atoms with E-state index in [9.17, 15) is 18.4 Å². The highest BCUT2D eigenvalue weighted by atomic mass is 19.3. The number of aliphatic carboxylic acids is 1. The van der Waals surface area contributed by atoms with Gasteiger partial charge in [-0.25, -0.2) is 4.79 Å². The van der Waals surface area contributed by atoms with E-state index in [1.165, 1.54) is 18.2 Å². The molecular weight excluding hydrogens is 262 g/mol. The summed E-state index contributed by atoms with van der Waals surface area (Å²) in [7, 11) is 1.14. The maximum Gasteiger partial charge on any atom is 0.387 e. The van der Waals surface area contributed by atoms with E-state index in [1.54, 1.807) is 0 Å². The number of esters is 1. The molecule has 0 heterocycles. The molecule has 0 radical (unpaired) electrons. The molecule has 104 valence electrons. The van der Waals surface area contributed by atoms with Crippen molar-refractivity contribution in [1.82, 2.24) is 0 Å². The van der Waals surface area contributed by atoms with E-state index in [2.05, 4.69) is 9.47 Å². The first kappa shape index (κ1) is 14.9. The van der Waals surface area contributed by atoms with Gasteiger partial charge in [-0.15, -0.1) is 0 Å². The Morgan fingerprint density at radius 1 is 1.37 bits per heavy atom. The number of hydrogen-bond acceptors (Lipinski definition) is 4. The van der Waals surface area contributed by atoms with Crippen LogP contribution in [0.2, 0.25) is 0 Å². The van der Waals surface area contributed by atoms with Crippen LogP contribution in [-0.4, -0.2) is 30.8 Å². The number of ether oxygens (including phenoxy) is 2. The largest absolute Gasteiger partial charge is 0.481 e. The summed E-state index contributed by atoms with van der Waals surface area (Å²) in [5.41, 5.74) is 0.110. The van der Waals surface area contributed by atoms with Crippen LogP contribution in [0.1, 0.15) is 22.3 Å². The third kappa shape index (κ3) is 4.20. The number of benzene rings is 1. The van der Waals surface area contributed by atoms with Crippen molar-refractivity contribution in [2.24, 2.45) is 0 Å². The van der Waals surface area contributed by atoms with Crippen molar-refractivity contribution in [3.8, 4) is 5.75 Å². The molecule has 0 aliphatic heterocycles. The van der Waals surface area contributed by atoms with Crippen LogP contribution in [0.4, 0.5) is 8.78 Å². The normalized spacial score (nSPS) is 10.3. The molecule has 19 heavy (non-hydrogen) atoms. The number of carboxylic acids is 1. The van der Waals surface area contributed by atoms with Crippen molar-refractivity contribution in [2.75, 3.05) is 7.11 Å². The molecule has 0 aliphatic rings. The van der Waals surface area contributed by atoms with Crippen LogP contribution in [0.5, 0.6) is 5.75 Å². The van der Waals surface area contributed by atoms with E-state index >= 15 is 0 Å². The second-order valence-corrected chi connectivity index (χ2v) is 3.55. The predicted octanol–water partition coefficient (Wildman–Crippen LogP) is 2.09. The van der Waals surface area contributed by atoms with Gasteiger partial charge in [-0.05, 0) is 18.6 Å². The molecule has 1 aromatic carbocycles. The highest BCUT2D eigenvalue weighted by molar-refractivity contribution is 5.92. The van der Waals surface area contributed by atoms with Gasteiger partial charge < -0.3 is 14.6 Å². The molecule has 0 spiro atoms. The van der Waals surface area contributed by atoms with Gasteiger partial charge >= 0.3 is 18.6 Å². The fraction of sp³-hybridized carbons (Fsp3) is 0.333. The quantitative estimate of drug-likeness (QED) is 0.804. The molecule has 0 aromatic heterocycles. The summed E-state index contributed by atoms with van der Waals surface area (Å²) in [5, 5.41) is 8.63. The molecule has 0 fully saturated rings. The first-order chi connectivity index (χ1) is 8.95. The van der Waals surface area contributed by atoms with Crippen molar-refractivity contribution < 1.29 is 33.0 Å². The van der Waals surface area contributed by atoms with Gasteiger partial charge in [0.05, 0.1) is 12.7 Å². The molecule has 0 saturated carbocycles. The number of carboxylic acid groups (broad SMARTS) is 1. The molecular formula is C12H12F2O5. The fourth-order valence-corrected chi connectivity index (χ4v) is 1.56. The maximum absolute atomic E-state index is 12.3. The molecule has 0 unspecified atom stereocenters. The van der Waals surface area contributed by atoms with Crippen LogP contribution in [0, 0.1) is 0 Å². The molecule has 0 bridgehead atoms. The van der Waals surface area contributed by atoms with Crippen molar-refractivity contribution in [1.29, 1.82) is 0 Å². The molecule has 1 aromatic rings. The lowest BCUT2D eigenvalue weighted by Gasteiger charge is -2.13. The van der Waals surface area contributed by atoms with E-state index in [-0.39, 0.29) is 29.7 Å². The minimum absolute atomic E-state index is 0.0156. The van der Waals surface area contributed by atoms with Crippen LogP contribution < -0.4 is 4.74 Å². The third-order valence-corrected chi connectivity index (χ3v) is 2.34. The Morgan fingerprint density at radius 2 is 2.05 bits per heavy atom. The van der Waals surface area contributed by atoms with Crippen molar-refractivity contribution in [3.05, 3.63) is 29.3 Å². The standard InChI is InChI=1S/C12H12F2O5/c1-18-11(17)8-3-2-4-9(19-12(13)14)7(8)5-6-10(15)16/h2-4,12H,5-6H2,1H3,(H,15,16). The van der Waals surface area contributed by atoms with Crippen molar-refractivity contribution in [3.63, 3.8) is 0 Å². The van der Waals surface area contributed by atoms with Crippen LogP contribution in [0.25, 0.3) is 0 Å². The number of halogens is 2. The SMILES string of the molecule is COC(=O)c1cccc(OC(F)F)c1CCC(=O)O. The van der Waals surface area contributed by atoms with Crippen LogP contribution >= 0.6 is 0 Å². The molecule has 0 atom stereocenters. The minimum Gasteiger partial charge on any atom is -0.481 e. The maximum atomic E-state index is 12.3. The zero-order valence-electron chi connectivity index (χ0n) is 10.1. The average molecular weight is 274 g/mol. The Labute approximate surface area is 107 Å². The molecule has 0 saturated heterocycles. The topological polar surface area (TPSA) is 72.8 Å². The van der Waals surface area contributed by atoms with Gasteiger partial charge in [-0.3, -0.25) is 4.79 Å². The van der Waals surface area contributed by atoms with Gasteiger partial charge in [0.1, 0.15) is 5.75 Å². The molecule has 1 rings (SSSR count). The Bertz CT molecular complexity index is 473. The summed E-state index contributed by atoms with van der Waals surface area (Å²) in [5.74, 6) is -2.07. The van der Waals surface area contributed by atoms with E-state index in [0.717, 1.165) is 7.11 Å². The van der Waals surface area contributed by atoms with E-state index in [1.807, 2.05) is 0 Å². The Kier molecular flexibility index (Phi) is 5.23. The lowest BCUT2D eigenvalue weighted by molar-refractivity contribution is -0.136. The lowest BCUT2D eigenvalue weighted by atomic mass is 10.0. The number of carbonyl (C=O) groups is 2. The smallest absolute Gasteiger partial charge is 0.387 e. The minimum atomic E-state index is -3.06. The number of alkyl halides is 2. The zero-order chi connectivity index (χ0) is 14.4. The highest BCUT2D eigenvalue weighted by Gasteiger charge is 2.19. The van der Waals surface area contributed by atoms with Crippen molar-refractivity contribution >= 4 is 11.9 Å². The summed E-state index contributed by atoms with van der Waals surface area (Å²) in [6.07, 6.45) is -0.420. The van der Waals surface area contributed by atoms with Gasteiger partial charge in [0.15, 0.2) is 0 Å². The van der Waals surface area contributed by atoms with E-state index in [0.29, 0.717) is 0 Å². The average Bonchev–Trinajstić information content (AvgIpc) is 2.35. The van der Waals surface area contributed by atoms with Gasteiger partial charge in [-0.1, -0.05) is 6.07 Å². The molecule has 0 amide bonds. The summed E-state index contributed by atoms with van der Waals surface area (Å²) in [4.78, 5) is 22.1. The van der Waals surface area contributed by atoms with Gasteiger partial charge in [0.2, 0.25) is 0 Å². The summed E-state index contributed by atoms with van der Waals surface area (Å²) in [6, 6.07) is 3.96. The number of carbonyl (C=O) groups excluding carboxylic acids is 1. The number of hydrogen-bond donors (Lipinski definition) is 1. The first-order valence-corrected chi connectivity index (χ1v) is 5.32. The predicted molar refractivity (Wildman–Crippen MR) is 60.4 cm³/mol. The molecule has 5 nitrogen and oxygen atoms in total. The second-order valence-electron chi connectivity index (χ2n) is 3.55. The summed E-state index contributed by atoms with van der Waals surface area (Å²) >= 11 is 0. The first-order valence-electron chi connectivity index (χ1n) is 5.32. The van der Waals surface area contributed by atoms with Gasteiger partial charge in [0.25, 0.3) is 0 Å². The molecule has 0 aliphatic carbocycles. The Hall–Kier alpha value is -2.18. The summed E-state index contributed by atoms with van der Waals surface area (Å²) < 4.78 is 33.3. The van der Waals surface area contributed by atoms with E-state index < -0.39 is 18.6 Å². The van der Waals surface area contributed by atoms with Crippen LogP contribution in [0.15, 0.2) is 18.2 Å². The monoisotopic (exact) mass is 274 g/mol. The molecule has 7 heteroatoms. The zero-order valence-corrected chi connectivity index (χ0v) is 10.1. The lowest BCUT2D eigenvalue weighted by Crippen LogP contribution is -2.11. The van der Waals surface area contributed by atoms with Crippen molar-refractivity contribution in [2.45, 2.75) is 19.5 Å². The number of rotatable bonds is 6. The van der Waals surface area contributed by atoms with Crippen LogP contribution in [-0.2, 0) is 16.0 Å². The third-order valence-electron chi connectivity index (χ3n) is 2.34. The van der Waals surface area contributed by atoms with E-state index in [4.69, 9.17) is 5.11 Å². The summed E-state index contributed by atoms with van der Waals surface area (Å²) in [6.45, 7) is -3.06.